The summed E-state index contributed by atoms with van der Waals surface area (Å²) in [5.74, 6) is 1.17. The Morgan fingerprint density at radius 2 is 1.76 bits per heavy atom. The normalized spacial score (nSPS) is 23.9. The zero-order chi connectivity index (χ0) is 17.1. The van der Waals surface area contributed by atoms with E-state index in [0.29, 0.717) is 11.8 Å². The Bertz CT molecular complexity index is 690. The maximum absolute atomic E-state index is 12.7. The zero-order valence-corrected chi connectivity index (χ0v) is 14.6. The highest BCUT2D eigenvalue weighted by atomic mass is 16.2. The van der Waals surface area contributed by atoms with Crippen molar-refractivity contribution in [2.45, 2.75) is 25.3 Å². The summed E-state index contributed by atoms with van der Waals surface area (Å²) in [6.07, 6.45) is 5.76. The molecule has 2 heterocycles. The maximum Gasteiger partial charge on any atom is 0.225 e. The Kier molecular flexibility index (Phi) is 4.79. The first kappa shape index (κ1) is 16.3. The minimum atomic E-state index is 0.232. The van der Waals surface area contributed by atoms with Crippen molar-refractivity contribution >= 4 is 5.91 Å². The molecule has 0 bridgehead atoms. The second-order valence-corrected chi connectivity index (χ2v) is 7.24. The zero-order valence-electron chi connectivity index (χ0n) is 14.6. The lowest BCUT2D eigenvalue weighted by atomic mass is 9.71. The van der Waals surface area contributed by atoms with Crippen molar-refractivity contribution in [2.24, 2.45) is 5.92 Å². The molecule has 4 rings (SSSR count). The van der Waals surface area contributed by atoms with Crippen molar-refractivity contribution in [3.05, 3.63) is 66.0 Å². The van der Waals surface area contributed by atoms with E-state index in [1.807, 2.05) is 12.3 Å². The van der Waals surface area contributed by atoms with Crippen LogP contribution in [-0.2, 0) is 11.3 Å². The lowest BCUT2D eigenvalue weighted by Crippen LogP contribution is -2.51. The molecule has 0 N–H and O–H groups in total. The fraction of sp³-hybridized carbons (Fsp3) is 0.429. The van der Waals surface area contributed by atoms with Crippen LogP contribution >= 0.6 is 0 Å². The Hall–Kier alpha value is -2.20. The van der Waals surface area contributed by atoms with Crippen molar-refractivity contribution in [3.63, 3.8) is 0 Å². The van der Waals surface area contributed by atoms with E-state index in [-0.39, 0.29) is 5.92 Å². The van der Waals surface area contributed by atoms with E-state index in [0.717, 1.165) is 45.6 Å². The van der Waals surface area contributed by atoms with E-state index >= 15 is 0 Å². The topological polar surface area (TPSA) is 36.4 Å². The second-order valence-electron chi connectivity index (χ2n) is 7.24. The first-order chi connectivity index (χ1) is 12.3. The smallest absolute Gasteiger partial charge is 0.225 e. The summed E-state index contributed by atoms with van der Waals surface area (Å²) in [5.41, 5.74) is 2.62. The van der Waals surface area contributed by atoms with Gasteiger partial charge in [0.1, 0.15) is 0 Å². The first-order valence-electron chi connectivity index (χ1n) is 9.24. The summed E-state index contributed by atoms with van der Waals surface area (Å²) in [6.45, 7) is 4.54. The van der Waals surface area contributed by atoms with Gasteiger partial charge in [0, 0.05) is 51.0 Å². The summed E-state index contributed by atoms with van der Waals surface area (Å²) in [4.78, 5) is 21.4. The number of aromatic nitrogens is 1. The number of benzene rings is 1. The van der Waals surface area contributed by atoms with E-state index in [9.17, 15) is 4.79 Å². The molecule has 1 aromatic carbocycles. The molecule has 1 aromatic heterocycles. The Labute approximate surface area is 149 Å². The van der Waals surface area contributed by atoms with Crippen molar-refractivity contribution in [2.75, 3.05) is 26.2 Å². The molecule has 0 radical (unpaired) electrons. The Morgan fingerprint density at radius 3 is 2.44 bits per heavy atom. The SMILES string of the molecule is O=C(C1CC(c2ccccc2)C1)N1CCN(Cc2cccnc2)CC1. The Balaban J connectivity index is 1.24. The third kappa shape index (κ3) is 3.74. The van der Waals surface area contributed by atoms with E-state index in [4.69, 9.17) is 0 Å². The molecule has 2 aliphatic rings. The van der Waals surface area contributed by atoms with Gasteiger partial charge in [0.2, 0.25) is 5.91 Å². The number of nitrogens with zero attached hydrogens (tertiary/aromatic N) is 3. The molecule has 1 saturated heterocycles. The van der Waals surface area contributed by atoms with Gasteiger partial charge in [-0.15, -0.1) is 0 Å². The van der Waals surface area contributed by atoms with Crippen LogP contribution in [0.5, 0.6) is 0 Å². The van der Waals surface area contributed by atoms with Crippen molar-refractivity contribution < 1.29 is 4.79 Å². The van der Waals surface area contributed by atoms with Crippen LogP contribution in [0.1, 0.15) is 29.9 Å². The van der Waals surface area contributed by atoms with Crippen LogP contribution in [0.2, 0.25) is 0 Å². The molecule has 0 unspecified atom stereocenters. The van der Waals surface area contributed by atoms with E-state index in [1.54, 1.807) is 6.20 Å². The lowest BCUT2D eigenvalue weighted by Gasteiger charge is -2.41. The average molecular weight is 335 g/mol. The van der Waals surface area contributed by atoms with Crippen molar-refractivity contribution in [1.82, 2.24) is 14.8 Å². The highest BCUT2D eigenvalue weighted by Gasteiger charge is 2.38. The van der Waals surface area contributed by atoms with Gasteiger partial charge in [-0.25, -0.2) is 0 Å². The van der Waals surface area contributed by atoms with Gasteiger partial charge >= 0.3 is 0 Å². The van der Waals surface area contributed by atoms with Gasteiger partial charge in [0.15, 0.2) is 0 Å². The molecule has 1 aliphatic carbocycles. The Morgan fingerprint density at radius 1 is 1.00 bits per heavy atom. The quantitative estimate of drug-likeness (QED) is 0.862. The molecule has 25 heavy (non-hydrogen) atoms. The van der Waals surface area contributed by atoms with Gasteiger partial charge in [0.05, 0.1) is 0 Å². The number of hydrogen-bond donors (Lipinski definition) is 0. The molecule has 4 nitrogen and oxygen atoms in total. The van der Waals surface area contributed by atoms with Gasteiger partial charge < -0.3 is 4.90 Å². The molecule has 2 aromatic rings. The van der Waals surface area contributed by atoms with Crippen LogP contribution in [0.4, 0.5) is 0 Å². The van der Waals surface area contributed by atoms with Crippen LogP contribution in [0.3, 0.4) is 0 Å². The molecule has 4 heteroatoms. The van der Waals surface area contributed by atoms with Crippen LogP contribution in [0, 0.1) is 5.92 Å². The monoisotopic (exact) mass is 335 g/mol. The molecule has 1 amide bonds. The van der Waals surface area contributed by atoms with E-state index < -0.39 is 0 Å². The number of carbonyl (C=O) groups is 1. The predicted octanol–water partition coefficient (Wildman–Crippen LogP) is 2.92. The number of carbonyl (C=O) groups excluding carboxylic acids is 1. The molecule has 130 valence electrons. The van der Waals surface area contributed by atoms with Gasteiger partial charge in [-0.2, -0.15) is 0 Å². The van der Waals surface area contributed by atoms with Crippen LogP contribution in [0.25, 0.3) is 0 Å². The van der Waals surface area contributed by atoms with E-state index in [2.05, 4.69) is 51.2 Å². The fourth-order valence-electron chi connectivity index (χ4n) is 3.95. The average Bonchev–Trinajstić information content (AvgIpc) is 2.63. The summed E-state index contributed by atoms with van der Waals surface area (Å²) in [7, 11) is 0. The van der Waals surface area contributed by atoms with Gasteiger partial charge in [-0.3, -0.25) is 14.7 Å². The highest BCUT2D eigenvalue weighted by Crippen LogP contribution is 2.42. The van der Waals surface area contributed by atoms with Crippen LogP contribution < -0.4 is 0 Å². The van der Waals surface area contributed by atoms with Crippen molar-refractivity contribution in [1.29, 1.82) is 0 Å². The van der Waals surface area contributed by atoms with Crippen LogP contribution in [0.15, 0.2) is 54.9 Å². The molecular weight excluding hydrogens is 310 g/mol. The van der Waals surface area contributed by atoms with Gasteiger partial charge in [-0.1, -0.05) is 36.4 Å². The standard InChI is InChI=1S/C21H25N3O/c25-21(20-13-19(14-20)18-6-2-1-3-7-18)24-11-9-23(10-12-24)16-17-5-4-8-22-15-17/h1-8,15,19-20H,9-14,16H2. The third-order valence-corrected chi connectivity index (χ3v) is 5.57. The minimum absolute atomic E-state index is 0.232. The predicted molar refractivity (Wildman–Crippen MR) is 98.0 cm³/mol. The molecular formula is C21H25N3O. The summed E-state index contributed by atoms with van der Waals surface area (Å²) in [5, 5.41) is 0. The van der Waals surface area contributed by atoms with Crippen molar-refractivity contribution in [3.8, 4) is 0 Å². The molecule has 0 atom stereocenters. The number of piperazine rings is 1. The number of amides is 1. The number of pyridine rings is 1. The lowest BCUT2D eigenvalue weighted by molar-refractivity contribution is -0.140. The summed E-state index contributed by atoms with van der Waals surface area (Å²) < 4.78 is 0. The second kappa shape index (κ2) is 7.36. The third-order valence-electron chi connectivity index (χ3n) is 5.57. The van der Waals surface area contributed by atoms with E-state index in [1.165, 1.54) is 11.1 Å². The van der Waals surface area contributed by atoms with Gasteiger partial charge in [0.25, 0.3) is 0 Å². The molecule has 1 aliphatic heterocycles. The van der Waals surface area contributed by atoms with Crippen LogP contribution in [-0.4, -0.2) is 46.9 Å². The molecule has 0 spiro atoms. The number of hydrogen-bond acceptors (Lipinski definition) is 3. The minimum Gasteiger partial charge on any atom is -0.340 e. The summed E-state index contributed by atoms with van der Waals surface area (Å²) >= 11 is 0. The number of rotatable bonds is 4. The van der Waals surface area contributed by atoms with Gasteiger partial charge in [-0.05, 0) is 36.0 Å². The first-order valence-corrected chi connectivity index (χ1v) is 9.24. The summed E-state index contributed by atoms with van der Waals surface area (Å²) in [6, 6.07) is 14.7. The highest BCUT2D eigenvalue weighted by molar-refractivity contribution is 5.80. The largest absolute Gasteiger partial charge is 0.340 e. The fourth-order valence-corrected chi connectivity index (χ4v) is 3.95. The molecule has 2 fully saturated rings. The maximum atomic E-state index is 12.7. The molecule has 1 saturated carbocycles.